The van der Waals surface area contributed by atoms with Crippen molar-refractivity contribution in [1.82, 2.24) is 10.2 Å². The van der Waals surface area contributed by atoms with Crippen LogP contribution in [0.3, 0.4) is 0 Å². The highest BCUT2D eigenvalue weighted by Crippen LogP contribution is 2.22. The number of hydrogen-bond donors (Lipinski definition) is 2. The molecule has 0 bridgehead atoms. The number of primary amides is 1. The highest BCUT2D eigenvalue weighted by Gasteiger charge is 2.23. The van der Waals surface area contributed by atoms with Gasteiger partial charge in [0.05, 0.1) is 0 Å². The van der Waals surface area contributed by atoms with E-state index in [2.05, 4.69) is 33.1 Å². The lowest BCUT2D eigenvalue weighted by atomic mass is 9.95. The fourth-order valence-corrected chi connectivity index (χ4v) is 3.79. The largest absolute Gasteiger partial charge is 0.370 e. The predicted octanol–water partition coefficient (Wildman–Crippen LogP) is 3.82. The second-order valence-corrected chi connectivity index (χ2v) is 7.64. The van der Waals surface area contributed by atoms with E-state index in [1.54, 1.807) is 0 Å². The lowest BCUT2D eigenvalue weighted by Crippen LogP contribution is -2.47. The maximum atomic E-state index is 11.2. The monoisotopic (exact) mass is 556 g/mol. The summed E-state index contributed by atoms with van der Waals surface area (Å²) in [5.41, 5.74) is 6.51. The topological polar surface area (TPSA) is 70.7 Å². The Hall–Kier alpha value is -0.540. The van der Waals surface area contributed by atoms with Crippen LogP contribution in [-0.4, -0.2) is 42.9 Å². The van der Waals surface area contributed by atoms with Crippen molar-refractivity contribution in [2.75, 3.05) is 26.2 Å². The van der Waals surface area contributed by atoms with Gasteiger partial charge in [0, 0.05) is 42.1 Å². The molecular weight excluding hydrogens is 530 g/mol. The van der Waals surface area contributed by atoms with Gasteiger partial charge < -0.3 is 16.0 Å². The number of rotatable bonds is 6. The highest BCUT2D eigenvalue weighted by molar-refractivity contribution is 14.0. The maximum absolute atomic E-state index is 11.2. The van der Waals surface area contributed by atoms with E-state index >= 15 is 0 Å². The first-order valence-corrected chi connectivity index (χ1v) is 9.92. The number of aliphatic imine (C=N–C) groups is 1. The first kappa shape index (κ1) is 23.5. The van der Waals surface area contributed by atoms with Crippen molar-refractivity contribution in [3.8, 4) is 0 Å². The molecule has 1 heterocycles. The van der Waals surface area contributed by atoms with Gasteiger partial charge in [-0.2, -0.15) is 0 Å². The Morgan fingerprint density at radius 3 is 2.96 bits per heavy atom. The third-order valence-electron chi connectivity index (χ3n) is 4.29. The van der Waals surface area contributed by atoms with Crippen LogP contribution in [0.1, 0.15) is 31.7 Å². The van der Waals surface area contributed by atoms with Gasteiger partial charge in [-0.25, -0.2) is 0 Å². The third-order valence-corrected chi connectivity index (χ3v) is 5.30. The van der Waals surface area contributed by atoms with Gasteiger partial charge in [0.1, 0.15) is 0 Å². The van der Waals surface area contributed by atoms with E-state index in [4.69, 9.17) is 22.3 Å². The van der Waals surface area contributed by atoms with Gasteiger partial charge in [-0.15, -0.1) is 24.0 Å². The molecule has 3 N–H and O–H groups in total. The molecule has 0 aliphatic carbocycles. The molecule has 26 heavy (non-hydrogen) atoms. The van der Waals surface area contributed by atoms with Crippen molar-refractivity contribution in [2.24, 2.45) is 16.6 Å². The minimum Gasteiger partial charge on any atom is -0.370 e. The van der Waals surface area contributed by atoms with Crippen molar-refractivity contribution >= 4 is 63.4 Å². The van der Waals surface area contributed by atoms with E-state index < -0.39 is 0 Å². The molecule has 8 heteroatoms. The summed E-state index contributed by atoms with van der Waals surface area (Å²) in [5.74, 6) is 1.01. The Morgan fingerprint density at radius 1 is 1.50 bits per heavy atom. The van der Waals surface area contributed by atoms with Gasteiger partial charge in [-0.1, -0.05) is 27.5 Å². The Kier molecular flexibility index (Phi) is 10.9. The second-order valence-electron chi connectivity index (χ2n) is 6.35. The van der Waals surface area contributed by atoms with Crippen LogP contribution in [0.2, 0.25) is 5.02 Å². The number of carbonyl (C=O) groups is 1. The summed E-state index contributed by atoms with van der Waals surface area (Å²) in [6.07, 6.45) is 3.37. The summed E-state index contributed by atoms with van der Waals surface area (Å²) in [5, 5.41) is 4.10. The zero-order valence-electron chi connectivity index (χ0n) is 15.0. The van der Waals surface area contributed by atoms with Crippen LogP contribution in [0.15, 0.2) is 27.7 Å². The average molecular weight is 558 g/mol. The fourth-order valence-electron chi connectivity index (χ4n) is 3.15. The summed E-state index contributed by atoms with van der Waals surface area (Å²) < 4.78 is 1.05. The molecule has 1 saturated heterocycles. The van der Waals surface area contributed by atoms with Crippen LogP contribution < -0.4 is 11.1 Å². The highest BCUT2D eigenvalue weighted by atomic mass is 127. The quantitative estimate of drug-likeness (QED) is 0.318. The summed E-state index contributed by atoms with van der Waals surface area (Å²) in [4.78, 5) is 18.2. The molecule has 1 aromatic carbocycles. The maximum Gasteiger partial charge on any atom is 0.217 e. The number of amides is 1. The molecule has 1 aliphatic heterocycles. The van der Waals surface area contributed by atoms with Gasteiger partial charge >= 0.3 is 0 Å². The van der Waals surface area contributed by atoms with Gasteiger partial charge in [0.25, 0.3) is 0 Å². The lowest BCUT2D eigenvalue weighted by Gasteiger charge is -2.34. The molecule has 1 amide bonds. The fraction of sp³-hybridized carbons (Fsp3) is 0.556. The molecule has 1 aliphatic rings. The van der Waals surface area contributed by atoms with E-state index in [0.29, 0.717) is 18.9 Å². The number of carbonyl (C=O) groups excluding carboxylic acids is 1. The number of nitrogens with two attached hydrogens (primary N) is 1. The Bertz CT molecular complexity index is 629. The Labute approximate surface area is 186 Å². The molecule has 1 fully saturated rings. The minimum atomic E-state index is -0.223. The van der Waals surface area contributed by atoms with Crippen LogP contribution >= 0.6 is 51.5 Å². The summed E-state index contributed by atoms with van der Waals surface area (Å²) in [6.45, 7) is 5.35. The first-order valence-electron chi connectivity index (χ1n) is 8.75. The van der Waals surface area contributed by atoms with Crippen LogP contribution in [0, 0.1) is 5.92 Å². The molecule has 0 saturated carbocycles. The average Bonchev–Trinajstić information content (AvgIpc) is 2.57. The zero-order chi connectivity index (χ0) is 18.2. The van der Waals surface area contributed by atoms with E-state index in [1.807, 2.05) is 18.2 Å². The van der Waals surface area contributed by atoms with Crippen LogP contribution in [0.5, 0.6) is 0 Å². The first-order chi connectivity index (χ1) is 12.0. The van der Waals surface area contributed by atoms with Gasteiger partial charge in [-0.3, -0.25) is 9.79 Å². The number of nitrogens with zero attached hydrogens (tertiary/aromatic N) is 2. The minimum absolute atomic E-state index is 0. The number of benzene rings is 1. The van der Waals surface area contributed by atoms with E-state index in [-0.39, 0.29) is 29.9 Å². The van der Waals surface area contributed by atoms with Crippen molar-refractivity contribution in [3.63, 3.8) is 0 Å². The van der Waals surface area contributed by atoms with Crippen LogP contribution in [-0.2, 0) is 11.2 Å². The lowest BCUT2D eigenvalue weighted by molar-refractivity contribution is -0.119. The van der Waals surface area contributed by atoms with E-state index in [9.17, 15) is 4.79 Å². The zero-order valence-corrected chi connectivity index (χ0v) is 19.7. The smallest absolute Gasteiger partial charge is 0.217 e. The molecule has 1 unspecified atom stereocenters. The number of piperidine rings is 1. The summed E-state index contributed by atoms with van der Waals surface area (Å²) in [6, 6.07) is 5.80. The number of guanidine groups is 1. The van der Waals surface area contributed by atoms with Crippen molar-refractivity contribution in [3.05, 3.63) is 33.3 Å². The number of likely N-dealkylation sites (tertiary alicyclic amines) is 1. The molecule has 0 spiro atoms. The van der Waals surface area contributed by atoms with Crippen molar-refractivity contribution < 1.29 is 4.79 Å². The molecule has 2 rings (SSSR count). The Morgan fingerprint density at radius 2 is 2.27 bits per heavy atom. The van der Waals surface area contributed by atoms with Gasteiger partial charge in [-0.05, 0) is 55.9 Å². The molecule has 0 aromatic heterocycles. The molecule has 0 radical (unpaired) electrons. The van der Waals surface area contributed by atoms with Crippen LogP contribution in [0.4, 0.5) is 0 Å². The summed E-state index contributed by atoms with van der Waals surface area (Å²) >= 11 is 9.63. The summed E-state index contributed by atoms with van der Waals surface area (Å²) in [7, 11) is 0. The number of hydrogen-bond acceptors (Lipinski definition) is 2. The number of nitrogens with one attached hydrogen (secondary N) is 1. The van der Waals surface area contributed by atoms with Crippen molar-refractivity contribution in [1.29, 1.82) is 0 Å². The predicted molar refractivity (Wildman–Crippen MR) is 122 cm³/mol. The second kappa shape index (κ2) is 12.0. The normalized spacial score (nSPS) is 17.6. The van der Waals surface area contributed by atoms with Crippen LogP contribution in [0.25, 0.3) is 0 Å². The molecule has 1 aromatic rings. The molecular formula is C18H27BrClIN4O. The SMILES string of the molecule is CCNC(=NCCc1cc(Cl)ccc1Br)N1CCCC(CC(N)=O)C1.I. The van der Waals surface area contributed by atoms with Gasteiger partial charge in [0.15, 0.2) is 5.96 Å². The van der Waals surface area contributed by atoms with E-state index in [1.165, 1.54) is 0 Å². The number of halogens is 3. The Balaban J connectivity index is 0.00000338. The molecule has 146 valence electrons. The van der Waals surface area contributed by atoms with Crippen molar-refractivity contribution in [2.45, 2.75) is 32.6 Å². The van der Waals surface area contributed by atoms with E-state index in [0.717, 1.165) is 59.9 Å². The molecule has 1 atom stereocenters. The molecule has 5 nitrogen and oxygen atoms in total. The van der Waals surface area contributed by atoms with Gasteiger partial charge in [0.2, 0.25) is 5.91 Å². The standard InChI is InChI=1S/C18H26BrClN4O.HI/c1-2-22-18(24-9-3-4-13(12-24)10-17(21)25)23-8-7-14-11-15(20)5-6-16(14)19;/h5-6,11,13H,2-4,7-10,12H2,1H3,(H2,21,25)(H,22,23);1H. The third kappa shape index (κ3) is 7.60.